The average Bonchev–Trinajstić information content (AvgIpc) is 2.65. The Labute approximate surface area is 153 Å². The molecular weight excluding hydrogens is 328 g/mol. The summed E-state index contributed by atoms with van der Waals surface area (Å²) in [5, 5.41) is 3.69. The lowest BCUT2D eigenvalue weighted by molar-refractivity contribution is -0.123. The number of amides is 1. The lowest BCUT2D eigenvalue weighted by Gasteiger charge is -2.11. The van der Waals surface area contributed by atoms with Crippen LogP contribution in [0, 0.1) is 13.8 Å². The van der Waals surface area contributed by atoms with Gasteiger partial charge in [-0.3, -0.25) is 9.78 Å². The highest BCUT2D eigenvalue weighted by atomic mass is 16.5. The van der Waals surface area contributed by atoms with Crippen LogP contribution in [0.2, 0.25) is 0 Å². The maximum Gasteiger partial charge on any atom is 0.258 e. The minimum Gasteiger partial charge on any atom is -0.497 e. The molecule has 0 bridgehead atoms. The van der Waals surface area contributed by atoms with E-state index in [-0.39, 0.29) is 12.5 Å². The molecule has 0 atom stereocenters. The quantitative estimate of drug-likeness (QED) is 0.738. The number of carbonyl (C=O) groups excluding carboxylic acids is 1. The Hall–Kier alpha value is -3.08. The van der Waals surface area contributed by atoms with Gasteiger partial charge in [-0.1, -0.05) is 29.8 Å². The summed E-state index contributed by atoms with van der Waals surface area (Å²) in [6.07, 6.45) is 0. The van der Waals surface area contributed by atoms with Crippen molar-refractivity contribution < 1.29 is 14.3 Å². The summed E-state index contributed by atoms with van der Waals surface area (Å²) in [5.74, 6) is 1.17. The molecule has 0 fully saturated rings. The molecule has 0 aliphatic heterocycles. The third-order valence-electron chi connectivity index (χ3n) is 4.08. The average molecular weight is 350 g/mol. The zero-order valence-electron chi connectivity index (χ0n) is 15.2. The van der Waals surface area contributed by atoms with Crippen LogP contribution in [0.1, 0.15) is 16.8 Å². The van der Waals surface area contributed by atoms with Crippen LogP contribution in [0.5, 0.6) is 11.5 Å². The molecule has 1 amide bonds. The Morgan fingerprint density at radius 2 is 1.85 bits per heavy atom. The van der Waals surface area contributed by atoms with Crippen LogP contribution < -0.4 is 14.8 Å². The van der Waals surface area contributed by atoms with Crippen LogP contribution in [-0.4, -0.2) is 24.6 Å². The highest BCUT2D eigenvalue weighted by molar-refractivity contribution is 5.87. The van der Waals surface area contributed by atoms with E-state index in [9.17, 15) is 4.79 Å². The number of hydrogen-bond acceptors (Lipinski definition) is 4. The Balaban J connectivity index is 1.66. The van der Waals surface area contributed by atoms with E-state index >= 15 is 0 Å². The maximum absolute atomic E-state index is 12.1. The van der Waals surface area contributed by atoms with Gasteiger partial charge in [0.2, 0.25) is 0 Å². The molecule has 3 aromatic rings. The lowest BCUT2D eigenvalue weighted by atomic mass is 10.1. The van der Waals surface area contributed by atoms with Crippen LogP contribution in [-0.2, 0) is 11.3 Å². The van der Waals surface area contributed by atoms with Crippen molar-refractivity contribution in [3.05, 3.63) is 65.4 Å². The van der Waals surface area contributed by atoms with Gasteiger partial charge >= 0.3 is 0 Å². The smallest absolute Gasteiger partial charge is 0.258 e. The molecule has 0 unspecified atom stereocenters. The van der Waals surface area contributed by atoms with Gasteiger partial charge < -0.3 is 14.8 Å². The molecule has 0 radical (unpaired) electrons. The Kier molecular flexibility index (Phi) is 5.37. The molecule has 3 rings (SSSR count). The van der Waals surface area contributed by atoms with E-state index in [1.807, 2.05) is 62.4 Å². The number of benzene rings is 2. The van der Waals surface area contributed by atoms with Crippen molar-refractivity contribution >= 4 is 16.8 Å². The van der Waals surface area contributed by atoms with Crippen LogP contribution in [0.15, 0.2) is 48.5 Å². The van der Waals surface area contributed by atoms with Crippen molar-refractivity contribution in [2.45, 2.75) is 20.4 Å². The fourth-order valence-corrected chi connectivity index (χ4v) is 2.65. The number of aryl methyl sites for hydroxylation is 2. The molecule has 134 valence electrons. The maximum atomic E-state index is 12.1. The van der Waals surface area contributed by atoms with Crippen molar-refractivity contribution in [1.82, 2.24) is 10.3 Å². The number of nitrogens with one attached hydrogen (secondary N) is 1. The largest absolute Gasteiger partial charge is 0.497 e. The van der Waals surface area contributed by atoms with Gasteiger partial charge in [-0.15, -0.1) is 0 Å². The van der Waals surface area contributed by atoms with E-state index in [0.717, 1.165) is 27.9 Å². The van der Waals surface area contributed by atoms with Crippen molar-refractivity contribution in [2.75, 3.05) is 13.7 Å². The first-order valence-electron chi connectivity index (χ1n) is 8.45. The van der Waals surface area contributed by atoms with E-state index in [2.05, 4.69) is 10.3 Å². The van der Waals surface area contributed by atoms with Gasteiger partial charge in [0.15, 0.2) is 6.61 Å². The van der Waals surface area contributed by atoms with Crippen LogP contribution in [0.25, 0.3) is 10.9 Å². The van der Waals surface area contributed by atoms with Gasteiger partial charge in [-0.2, -0.15) is 0 Å². The van der Waals surface area contributed by atoms with E-state index < -0.39 is 0 Å². The molecule has 2 aromatic carbocycles. The van der Waals surface area contributed by atoms with Gasteiger partial charge in [-0.25, -0.2) is 0 Å². The lowest BCUT2D eigenvalue weighted by Crippen LogP contribution is -2.28. The van der Waals surface area contributed by atoms with Crippen molar-refractivity contribution in [3.63, 3.8) is 0 Å². The molecule has 0 saturated carbocycles. The van der Waals surface area contributed by atoms with Gasteiger partial charge in [0.05, 0.1) is 12.6 Å². The third kappa shape index (κ3) is 4.30. The first-order valence-corrected chi connectivity index (χ1v) is 8.45. The van der Waals surface area contributed by atoms with E-state index in [1.165, 1.54) is 5.56 Å². The summed E-state index contributed by atoms with van der Waals surface area (Å²) in [4.78, 5) is 16.6. The molecule has 5 heteroatoms. The monoisotopic (exact) mass is 350 g/mol. The molecule has 1 heterocycles. The number of hydrogen-bond donors (Lipinski definition) is 1. The number of aromatic nitrogens is 1. The number of nitrogens with zero attached hydrogens (tertiary/aromatic N) is 1. The molecule has 0 aliphatic rings. The van der Waals surface area contributed by atoms with Gasteiger partial charge in [0.25, 0.3) is 5.91 Å². The number of ether oxygens (including phenoxy) is 2. The van der Waals surface area contributed by atoms with Crippen LogP contribution in [0.4, 0.5) is 0 Å². The molecule has 0 aliphatic carbocycles. The summed E-state index contributed by atoms with van der Waals surface area (Å²) in [7, 11) is 1.61. The minimum absolute atomic E-state index is 0.0539. The standard InChI is InChI=1S/C21H22N2O3/c1-14-4-6-16(7-5-14)12-22-21(24)13-26-20-10-15(2)23-19-9-8-17(25-3)11-18(19)20/h4-11H,12-13H2,1-3H3,(H,22,24). The number of pyridine rings is 1. The first-order chi connectivity index (χ1) is 12.5. The Bertz CT molecular complexity index is 920. The summed E-state index contributed by atoms with van der Waals surface area (Å²) in [6, 6.07) is 15.5. The van der Waals surface area contributed by atoms with Gasteiger partial charge in [0.1, 0.15) is 11.5 Å². The molecule has 0 spiro atoms. The molecule has 1 aromatic heterocycles. The summed E-state index contributed by atoms with van der Waals surface area (Å²) >= 11 is 0. The van der Waals surface area contributed by atoms with E-state index in [4.69, 9.17) is 9.47 Å². The normalized spacial score (nSPS) is 10.6. The van der Waals surface area contributed by atoms with Gasteiger partial charge in [0, 0.05) is 23.7 Å². The van der Waals surface area contributed by atoms with E-state index in [1.54, 1.807) is 7.11 Å². The highest BCUT2D eigenvalue weighted by Crippen LogP contribution is 2.28. The van der Waals surface area contributed by atoms with Crippen molar-refractivity contribution in [3.8, 4) is 11.5 Å². The number of rotatable bonds is 6. The van der Waals surface area contributed by atoms with Crippen LogP contribution in [0.3, 0.4) is 0 Å². The zero-order valence-corrected chi connectivity index (χ0v) is 15.2. The zero-order chi connectivity index (χ0) is 18.5. The number of carbonyl (C=O) groups is 1. The topological polar surface area (TPSA) is 60.5 Å². The molecule has 0 saturated heterocycles. The Morgan fingerprint density at radius 1 is 1.08 bits per heavy atom. The second kappa shape index (κ2) is 7.87. The second-order valence-corrected chi connectivity index (χ2v) is 6.20. The SMILES string of the molecule is COc1ccc2nc(C)cc(OCC(=O)NCc3ccc(C)cc3)c2c1. The molecule has 5 nitrogen and oxygen atoms in total. The third-order valence-corrected chi connectivity index (χ3v) is 4.08. The first kappa shape index (κ1) is 17.7. The Morgan fingerprint density at radius 3 is 2.58 bits per heavy atom. The van der Waals surface area contributed by atoms with Gasteiger partial charge in [-0.05, 0) is 37.6 Å². The predicted octanol–water partition coefficient (Wildman–Crippen LogP) is 3.56. The second-order valence-electron chi connectivity index (χ2n) is 6.20. The molecular formula is C21H22N2O3. The predicted molar refractivity (Wildman–Crippen MR) is 102 cm³/mol. The summed E-state index contributed by atoms with van der Waals surface area (Å²) < 4.78 is 11.0. The summed E-state index contributed by atoms with van der Waals surface area (Å²) in [6.45, 7) is 4.36. The number of fused-ring (bicyclic) bond motifs is 1. The molecule has 1 N–H and O–H groups in total. The summed E-state index contributed by atoms with van der Waals surface area (Å²) in [5.41, 5.74) is 3.89. The van der Waals surface area contributed by atoms with E-state index in [0.29, 0.717) is 12.3 Å². The van der Waals surface area contributed by atoms with Crippen LogP contribution >= 0.6 is 0 Å². The molecule has 26 heavy (non-hydrogen) atoms. The fraction of sp³-hybridized carbons (Fsp3) is 0.238. The van der Waals surface area contributed by atoms with Crippen molar-refractivity contribution in [2.24, 2.45) is 0 Å². The highest BCUT2D eigenvalue weighted by Gasteiger charge is 2.09. The minimum atomic E-state index is -0.170. The fourth-order valence-electron chi connectivity index (χ4n) is 2.65. The number of methoxy groups -OCH3 is 1. The van der Waals surface area contributed by atoms with Crippen molar-refractivity contribution in [1.29, 1.82) is 0 Å².